The van der Waals surface area contributed by atoms with Crippen molar-refractivity contribution in [2.75, 3.05) is 18.4 Å². The van der Waals surface area contributed by atoms with Gasteiger partial charge < -0.3 is 10.2 Å². The zero-order valence-corrected chi connectivity index (χ0v) is 13.9. The minimum atomic E-state index is 0.131. The van der Waals surface area contributed by atoms with Gasteiger partial charge in [-0.1, -0.05) is 24.3 Å². The Labute approximate surface area is 142 Å². The van der Waals surface area contributed by atoms with Gasteiger partial charge in [-0.2, -0.15) is 0 Å². The second-order valence-electron chi connectivity index (χ2n) is 6.78. The Morgan fingerprint density at radius 3 is 2.75 bits per heavy atom. The number of fused-ring (bicyclic) bond motifs is 1. The molecule has 0 radical (unpaired) electrons. The highest BCUT2D eigenvalue weighted by Crippen LogP contribution is 2.23. The highest BCUT2D eigenvalue weighted by atomic mass is 16.2. The number of hydrogen-bond donors (Lipinski definition) is 1. The molecule has 0 spiro atoms. The van der Waals surface area contributed by atoms with E-state index in [1.165, 1.54) is 11.1 Å². The summed E-state index contributed by atoms with van der Waals surface area (Å²) >= 11 is 0. The van der Waals surface area contributed by atoms with Crippen LogP contribution in [0.3, 0.4) is 0 Å². The van der Waals surface area contributed by atoms with E-state index in [2.05, 4.69) is 34.6 Å². The first-order chi connectivity index (χ1) is 11.8. The molecule has 1 unspecified atom stereocenters. The van der Waals surface area contributed by atoms with E-state index in [0.717, 1.165) is 56.6 Å². The topological polar surface area (TPSA) is 45.2 Å². The Bertz CT molecular complexity index is 737. The van der Waals surface area contributed by atoms with Crippen molar-refractivity contribution in [1.29, 1.82) is 0 Å². The Hall–Kier alpha value is -2.36. The summed E-state index contributed by atoms with van der Waals surface area (Å²) < 4.78 is 0. The summed E-state index contributed by atoms with van der Waals surface area (Å²) in [4.78, 5) is 18.9. The third-order valence-electron chi connectivity index (χ3n) is 5.10. The molecule has 1 saturated heterocycles. The van der Waals surface area contributed by atoms with E-state index in [4.69, 9.17) is 0 Å². The minimum absolute atomic E-state index is 0.131. The molecule has 1 N–H and O–H groups in total. The van der Waals surface area contributed by atoms with Crippen LogP contribution in [0.2, 0.25) is 0 Å². The van der Waals surface area contributed by atoms with E-state index < -0.39 is 0 Å². The molecule has 1 aliphatic heterocycles. The van der Waals surface area contributed by atoms with Gasteiger partial charge in [0.25, 0.3) is 5.91 Å². The average molecular weight is 321 g/mol. The summed E-state index contributed by atoms with van der Waals surface area (Å²) in [5, 5.41) is 3.53. The number of carbonyl (C=O) groups is 1. The molecule has 0 saturated carbocycles. The summed E-state index contributed by atoms with van der Waals surface area (Å²) in [7, 11) is 0. The van der Waals surface area contributed by atoms with Crippen molar-refractivity contribution in [3.05, 3.63) is 59.3 Å². The van der Waals surface area contributed by atoms with Crippen molar-refractivity contribution in [2.45, 2.75) is 38.1 Å². The predicted molar refractivity (Wildman–Crippen MR) is 95.3 cm³/mol. The molecule has 1 amide bonds. The highest BCUT2D eigenvalue weighted by molar-refractivity contribution is 5.95. The van der Waals surface area contributed by atoms with Crippen LogP contribution in [0.1, 0.15) is 40.7 Å². The molecular weight excluding hydrogens is 298 g/mol. The normalized spacial score (nSPS) is 19.8. The van der Waals surface area contributed by atoms with Gasteiger partial charge in [0.2, 0.25) is 0 Å². The summed E-state index contributed by atoms with van der Waals surface area (Å²) in [6.45, 7) is 1.76. The maximum Gasteiger partial charge on any atom is 0.254 e. The monoisotopic (exact) mass is 321 g/mol. The largest absolute Gasteiger partial charge is 0.367 e. The van der Waals surface area contributed by atoms with Crippen LogP contribution in [0, 0.1) is 0 Å². The maximum absolute atomic E-state index is 12.5. The van der Waals surface area contributed by atoms with Crippen molar-refractivity contribution >= 4 is 11.7 Å². The molecule has 4 nitrogen and oxygen atoms in total. The maximum atomic E-state index is 12.5. The number of benzene rings is 1. The van der Waals surface area contributed by atoms with Gasteiger partial charge in [0.05, 0.1) is 0 Å². The van der Waals surface area contributed by atoms with E-state index in [1.54, 1.807) is 6.20 Å². The van der Waals surface area contributed by atoms with E-state index in [9.17, 15) is 4.79 Å². The molecule has 2 aromatic rings. The summed E-state index contributed by atoms with van der Waals surface area (Å²) in [6.07, 6.45) is 7.18. The second kappa shape index (κ2) is 6.63. The lowest BCUT2D eigenvalue weighted by molar-refractivity contribution is 0.0792. The highest BCUT2D eigenvalue weighted by Gasteiger charge is 2.21. The molecule has 2 aliphatic rings. The Kier molecular flexibility index (Phi) is 4.20. The molecule has 4 heteroatoms. The molecule has 1 fully saturated rings. The zero-order valence-electron chi connectivity index (χ0n) is 13.9. The summed E-state index contributed by atoms with van der Waals surface area (Å²) in [6, 6.07) is 12.8. The molecule has 0 bridgehead atoms. The van der Waals surface area contributed by atoms with Crippen molar-refractivity contribution in [3.8, 4) is 0 Å². The van der Waals surface area contributed by atoms with E-state index in [-0.39, 0.29) is 5.91 Å². The van der Waals surface area contributed by atoms with Crippen molar-refractivity contribution in [2.24, 2.45) is 0 Å². The first-order valence-corrected chi connectivity index (χ1v) is 8.88. The number of nitrogens with one attached hydrogen (secondary N) is 1. The molecular formula is C20H23N3O. The van der Waals surface area contributed by atoms with Crippen molar-refractivity contribution < 1.29 is 4.79 Å². The fourth-order valence-corrected chi connectivity index (χ4v) is 3.78. The van der Waals surface area contributed by atoms with Gasteiger partial charge in [0, 0.05) is 30.9 Å². The number of carbonyl (C=O) groups excluding carboxylic acids is 1. The Morgan fingerprint density at radius 1 is 1.12 bits per heavy atom. The van der Waals surface area contributed by atoms with Crippen LogP contribution in [-0.4, -0.2) is 34.9 Å². The molecule has 124 valence electrons. The number of likely N-dealkylation sites (tertiary alicyclic amines) is 1. The number of anilines is 1. The number of rotatable bonds is 3. The van der Waals surface area contributed by atoms with E-state index in [0.29, 0.717) is 6.04 Å². The van der Waals surface area contributed by atoms with Crippen LogP contribution in [0.5, 0.6) is 0 Å². The SMILES string of the molecule is O=C(c1ccnc(NC2CCc3ccccc3C2)c1)N1CCCC1. The molecule has 1 aromatic carbocycles. The van der Waals surface area contributed by atoms with Crippen LogP contribution >= 0.6 is 0 Å². The smallest absolute Gasteiger partial charge is 0.254 e. The minimum Gasteiger partial charge on any atom is -0.367 e. The summed E-state index contributed by atoms with van der Waals surface area (Å²) in [5.74, 6) is 0.941. The molecule has 4 rings (SSSR count). The number of amides is 1. The molecule has 1 atom stereocenters. The van der Waals surface area contributed by atoms with Crippen LogP contribution in [0.4, 0.5) is 5.82 Å². The second-order valence-corrected chi connectivity index (χ2v) is 6.78. The van der Waals surface area contributed by atoms with Crippen LogP contribution in [0.25, 0.3) is 0 Å². The lowest BCUT2D eigenvalue weighted by atomic mass is 9.88. The molecule has 24 heavy (non-hydrogen) atoms. The first kappa shape index (κ1) is 15.2. The van der Waals surface area contributed by atoms with Gasteiger partial charge in [0.1, 0.15) is 5.82 Å². The van der Waals surface area contributed by atoms with Gasteiger partial charge in [-0.05, 0) is 55.4 Å². The fourth-order valence-electron chi connectivity index (χ4n) is 3.78. The number of nitrogens with zero attached hydrogens (tertiary/aromatic N) is 2. The lowest BCUT2D eigenvalue weighted by Gasteiger charge is -2.26. The molecule has 1 aliphatic carbocycles. The average Bonchev–Trinajstić information content (AvgIpc) is 3.16. The number of pyridine rings is 1. The van der Waals surface area contributed by atoms with Crippen LogP contribution < -0.4 is 5.32 Å². The third kappa shape index (κ3) is 3.14. The van der Waals surface area contributed by atoms with Crippen molar-refractivity contribution in [1.82, 2.24) is 9.88 Å². The van der Waals surface area contributed by atoms with Crippen LogP contribution in [0.15, 0.2) is 42.6 Å². The van der Waals surface area contributed by atoms with Crippen LogP contribution in [-0.2, 0) is 12.8 Å². The van der Waals surface area contributed by atoms with Gasteiger partial charge in [-0.15, -0.1) is 0 Å². The van der Waals surface area contributed by atoms with E-state index >= 15 is 0 Å². The van der Waals surface area contributed by atoms with Gasteiger partial charge in [-0.3, -0.25) is 4.79 Å². The van der Waals surface area contributed by atoms with Gasteiger partial charge in [-0.25, -0.2) is 4.98 Å². The first-order valence-electron chi connectivity index (χ1n) is 8.88. The Morgan fingerprint density at radius 2 is 1.92 bits per heavy atom. The lowest BCUT2D eigenvalue weighted by Crippen LogP contribution is -2.29. The van der Waals surface area contributed by atoms with Crippen molar-refractivity contribution in [3.63, 3.8) is 0 Å². The quantitative estimate of drug-likeness (QED) is 0.943. The van der Waals surface area contributed by atoms with E-state index in [1.807, 2.05) is 17.0 Å². The summed E-state index contributed by atoms with van der Waals surface area (Å²) in [5.41, 5.74) is 3.62. The standard InChI is InChI=1S/C20H23N3O/c24-20(23-11-3-4-12-23)17-9-10-21-19(14-17)22-18-8-7-15-5-1-2-6-16(15)13-18/h1-2,5-6,9-10,14,18H,3-4,7-8,11-13H2,(H,21,22). The number of hydrogen-bond acceptors (Lipinski definition) is 3. The molecule has 2 heterocycles. The predicted octanol–water partition coefficient (Wildman–Crippen LogP) is 3.29. The fraction of sp³-hybridized carbons (Fsp3) is 0.400. The van der Waals surface area contributed by atoms with Gasteiger partial charge in [0.15, 0.2) is 0 Å². The number of aryl methyl sites for hydroxylation is 1. The number of aromatic nitrogens is 1. The third-order valence-corrected chi connectivity index (χ3v) is 5.10. The zero-order chi connectivity index (χ0) is 16.4. The van der Waals surface area contributed by atoms with Gasteiger partial charge >= 0.3 is 0 Å². The Balaban J connectivity index is 1.46. The molecule has 1 aromatic heterocycles.